The van der Waals surface area contributed by atoms with Crippen LogP contribution >= 0.6 is 0 Å². The third-order valence-corrected chi connectivity index (χ3v) is 6.69. The second-order valence-corrected chi connectivity index (χ2v) is 8.45. The lowest BCUT2D eigenvalue weighted by molar-refractivity contribution is 0.0695. The van der Waals surface area contributed by atoms with Crippen LogP contribution in [0.4, 0.5) is 0 Å². The van der Waals surface area contributed by atoms with Crippen molar-refractivity contribution in [2.75, 3.05) is 32.8 Å². The SMILES string of the molecule is CCOc1ccc(S(=O)(=O)N2CCN(C(=O)c3c(CC)noc3C)CC2)cc1. The maximum absolute atomic E-state index is 12.9. The topological polar surface area (TPSA) is 93.0 Å². The summed E-state index contributed by atoms with van der Waals surface area (Å²) < 4.78 is 37.7. The summed E-state index contributed by atoms with van der Waals surface area (Å²) in [5.41, 5.74) is 1.12. The number of carbonyl (C=O) groups excluding carboxylic acids is 1. The average molecular weight is 407 g/mol. The molecule has 0 spiro atoms. The molecule has 1 aliphatic rings. The van der Waals surface area contributed by atoms with E-state index in [9.17, 15) is 13.2 Å². The Morgan fingerprint density at radius 2 is 1.79 bits per heavy atom. The predicted molar refractivity (Wildman–Crippen MR) is 103 cm³/mol. The van der Waals surface area contributed by atoms with Crippen LogP contribution in [0, 0.1) is 6.92 Å². The van der Waals surface area contributed by atoms with Gasteiger partial charge >= 0.3 is 0 Å². The van der Waals surface area contributed by atoms with Crippen LogP contribution in [-0.2, 0) is 16.4 Å². The van der Waals surface area contributed by atoms with E-state index in [2.05, 4.69) is 5.16 Å². The largest absolute Gasteiger partial charge is 0.494 e. The molecule has 9 heteroatoms. The van der Waals surface area contributed by atoms with Gasteiger partial charge in [-0.1, -0.05) is 12.1 Å². The molecule has 3 rings (SSSR count). The van der Waals surface area contributed by atoms with Gasteiger partial charge < -0.3 is 14.2 Å². The first-order valence-electron chi connectivity index (χ1n) is 9.35. The lowest BCUT2D eigenvalue weighted by atomic mass is 10.1. The van der Waals surface area contributed by atoms with E-state index in [-0.39, 0.29) is 23.9 Å². The van der Waals surface area contributed by atoms with Crippen LogP contribution in [0.15, 0.2) is 33.7 Å². The molecule has 1 fully saturated rings. The molecular weight excluding hydrogens is 382 g/mol. The summed E-state index contributed by atoms with van der Waals surface area (Å²) >= 11 is 0. The summed E-state index contributed by atoms with van der Waals surface area (Å²) in [7, 11) is -3.61. The number of carbonyl (C=O) groups is 1. The van der Waals surface area contributed by atoms with Gasteiger partial charge in [0.05, 0.1) is 17.2 Å². The Morgan fingerprint density at radius 1 is 1.14 bits per heavy atom. The van der Waals surface area contributed by atoms with Crippen molar-refractivity contribution in [2.45, 2.75) is 32.1 Å². The van der Waals surface area contributed by atoms with Crippen molar-refractivity contribution in [3.8, 4) is 5.75 Å². The number of rotatable bonds is 6. The van der Waals surface area contributed by atoms with Gasteiger partial charge in [-0.3, -0.25) is 4.79 Å². The van der Waals surface area contributed by atoms with E-state index in [0.717, 1.165) is 0 Å². The minimum atomic E-state index is -3.61. The number of aryl methyl sites for hydroxylation is 2. The first-order chi connectivity index (χ1) is 13.4. The Bertz CT molecular complexity index is 929. The second kappa shape index (κ2) is 8.32. The molecule has 0 unspecified atom stereocenters. The molecule has 0 N–H and O–H groups in total. The van der Waals surface area contributed by atoms with E-state index in [1.807, 2.05) is 13.8 Å². The van der Waals surface area contributed by atoms with E-state index in [0.29, 0.717) is 48.9 Å². The van der Waals surface area contributed by atoms with Crippen LogP contribution in [0.25, 0.3) is 0 Å². The van der Waals surface area contributed by atoms with E-state index in [4.69, 9.17) is 9.26 Å². The second-order valence-electron chi connectivity index (χ2n) is 6.51. The predicted octanol–water partition coefficient (Wildman–Crippen LogP) is 2.09. The molecule has 2 aromatic rings. The molecule has 1 aromatic carbocycles. The first kappa shape index (κ1) is 20.3. The fourth-order valence-electron chi connectivity index (χ4n) is 3.25. The van der Waals surface area contributed by atoms with Gasteiger partial charge in [-0.15, -0.1) is 0 Å². The number of aromatic nitrogens is 1. The third-order valence-electron chi connectivity index (χ3n) is 4.78. The minimum Gasteiger partial charge on any atom is -0.494 e. The summed E-state index contributed by atoms with van der Waals surface area (Å²) in [5, 5.41) is 3.93. The molecule has 152 valence electrons. The van der Waals surface area contributed by atoms with Crippen LogP contribution in [-0.4, -0.2) is 61.5 Å². The van der Waals surface area contributed by atoms with Gasteiger partial charge in [0.15, 0.2) is 0 Å². The molecule has 2 heterocycles. The van der Waals surface area contributed by atoms with Crippen LogP contribution in [0.1, 0.15) is 35.7 Å². The van der Waals surface area contributed by atoms with Gasteiger partial charge in [-0.05, 0) is 44.5 Å². The quantitative estimate of drug-likeness (QED) is 0.728. The Morgan fingerprint density at radius 3 is 2.36 bits per heavy atom. The Kier molecular flexibility index (Phi) is 6.04. The monoisotopic (exact) mass is 407 g/mol. The van der Waals surface area contributed by atoms with Crippen LogP contribution in [0.2, 0.25) is 0 Å². The minimum absolute atomic E-state index is 0.159. The number of sulfonamides is 1. The number of amides is 1. The number of hydrogen-bond acceptors (Lipinski definition) is 6. The molecule has 0 radical (unpaired) electrons. The van der Waals surface area contributed by atoms with E-state index >= 15 is 0 Å². The number of hydrogen-bond donors (Lipinski definition) is 0. The van der Waals surface area contributed by atoms with Crippen molar-refractivity contribution >= 4 is 15.9 Å². The summed E-state index contributed by atoms with van der Waals surface area (Å²) in [5.74, 6) is 0.965. The van der Waals surface area contributed by atoms with Gasteiger partial charge in [0.1, 0.15) is 17.1 Å². The summed E-state index contributed by atoms with van der Waals surface area (Å²) in [6.07, 6.45) is 0.602. The number of piperazine rings is 1. The average Bonchev–Trinajstić information content (AvgIpc) is 3.08. The van der Waals surface area contributed by atoms with Crippen molar-refractivity contribution in [1.82, 2.24) is 14.4 Å². The van der Waals surface area contributed by atoms with Crippen molar-refractivity contribution in [1.29, 1.82) is 0 Å². The lowest BCUT2D eigenvalue weighted by Crippen LogP contribution is -2.50. The van der Waals surface area contributed by atoms with Crippen LogP contribution < -0.4 is 4.74 Å². The summed E-state index contributed by atoms with van der Waals surface area (Å²) in [6.45, 7) is 7.15. The normalized spacial score (nSPS) is 15.6. The van der Waals surface area contributed by atoms with Crippen LogP contribution in [0.5, 0.6) is 5.75 Å². The molecule has 0 saturated carbocycles. The van der Waals surface area contributed by atoms with Gasteiger partial charge in [-0.25, -0.2) is 8.42 Å². The Hall–Kier alpha value is -2.39. The molecule has 0 aliphatic carbocycles. The van der Waals surface area contributed by atoms with Crippen molar-refractivity contribution in [3.05, 3.63) is 41.3 Å². The number of benzene rings is 1. The standard InChI is InChI=1S/C19H25N3O5S/c1-4-17-18(14(3)27-20-17)19(23)21-10-12-22(13-11-21)28(24,25)16-8-6-15(7-9-16)26-5-2/h6-9H,4-5,10-13H2,1-3H3. The highest BCUT2D eigenvalue weighted by Gasteiger charge is 2.32. The smallest absolute Gasteiger partial charge is 0.259 e. The first-order valence-corrected chi connectivity index (χ1v) is 10.8. The zero-order chi connectivity index (χ0) is 20.3. The summed E-state index contributed by atoms with van der Waals surface area (Å²) in [4.78, 5) is 14.7. The Labute approximate surface area is 165 Å². The highest BCUT2D eigenvalue weighted by molar-refractivity contribution is 7.89. The zero-order valence-electron chi connectivity index (χ0n) is 16.3. The summed E-state index contributed by atoms with van der Waals surface area (Å²) in [6, 6.07) is 6.39. The molecule has 28 heavy (non-hydrogen) atoms. The van der Waals surface area contributed by atoms with Gasteiger partial charge in [-0.2, -0.15) is 4.31 Å². The maximum atomic E-state index is 12.9. The molecule has 0 atom stereocenters. The molecular formula is C19H25N3O5S. The molecule has 8 nitrogen and oxygen atoms in total. The van der Waals surface area contributed by atoms with Gasteiger partial charge in [0.25, 0.3) is 5.91 Å². The molecule has 1 saturated heterocycles. The molecule has 1 amide bonds. The molecule has 1 aliphatic heterocycles. The van der Waals surface area contributed by atoms with E-state index < -0.39 is 10.0 Å². The Balaban J connectivity index is 1.69. The maximum Gasteiger partial charge on any atom is 0.259 e. The lowest BCUT2D eigenvalue weighted by Gasteiger charge is -2.34. The van der Waals surface area contributed by atoms with Crippen molar-refractivity contribution < 1.29 is 22.5 Å². The number of nitrogens with zero attached hydrogens (tertiary/aromatic N) is 3. The third kappa shape index (κ3) is 3.90. The molecule has 0 bridgehead atoms. The zero-order valence-corrected chi connectivity index (χ0v) is 17.2. The van der Waals surface area contributed by atoms with Crippen molar-refractivity contribution in [2.24, 2.45) is 0 Å². The fourth-order valence-corrected chi connectivity index (χ4v) is 4.67. The van der Waals surface area contributed by atoms with Crippen molar-refractivity contribution in [3.63, 3.8) is 0 Å². The van der Waals surface area contributed by atoms with E-state index in [1.165, 1.54) is 4.31 Å². The highest BCUT2D eigenvalue weighted by atomic mass is 32.2. The molecule has 1 aromatic heterocycles. The highest BCUT2D eigenvalue weighted by Crippen LogP contribution is 2.22. The van der Waals surface area contributed by atoms with E-state index in [1.54, 1.807) is 36.1 Å². The van der Waals surface area contributed by atoms with Gasteiger partial charge in [0, 0.05) is 26.2 Å². The number of ether oxygens (including phenoxy) is 1. The fraction of sp³-hybridized carbons (Fsp3) is 0.474. The van der Waals surface area contributed by atoms with Gasteiger partial charge in [0.2, 0.25) is 10.0 Å². The van der Waals surface area contributed by atoms with Crippen LogP contribution in [0.3, 0.4) is 0 Å².